The van der Waals surface area contributed by atoms with Crippen molar-refractivity contribution in [2.45, 2.75) is 38.8 Å². The summed E-state index contributed by atoms with van der Waals surface area (Å²) in [6.07, 6.45) is 3.54. The molecule has 6 heteroatoms. The summed E-state index contributed by atoms with van der Waals surface area (Å²) in [6.45, 7) is 2.65. The van der Waals surface area contributed by atoms with E-state index in [2.05, 4.69) is 15.6 Å². The number of aromatic nitrogens is 1. The molecule has 0 spiro atoms. The Morgan fingerprint density at radius 1 is 1.50 bits per heavy atom. The molecular formula is C14H21N3O2S. The average Bonchev–Trinajstić information content (AvgIpc) is 3.12. The molecule has 4 atom stereocenters. The molecule has 1 aromatic rings. The monoisotopic (exact) mass is 295 g/mol. The number of carbonyl (C=O) groups excluding carboxylic acids is 1. The first-order valence-corrected chi connectivity index (χ1v) is 8.11. The topological polar surface area (TPSA) is 74.2 Å². The van der Waals surface area contributed by atoms with Gasteiger partial charge in [-0.3, -0.25) is 0 Å². The molecule has 1 heterocycles. The SMILES string of the molecule is Cc1ncsc1CNC(=O)NC1C2CCC(C2)C1CO. The van der Waals surface area contributed by atoms with E-state index in [1.165, 1.54) is 12.8 Å². The molecule has 0 aliphatic heterocycles. The van der Waals surface area contributed by atoms with E-state index in [1.54, 1.807) is 16.8 Å². The smallest absolute Gasteiger partial charge is 0.315 e. The number of rotatable bonds is 4. The van der Waals surface area contributed by atoms with Gasteiger partial charge in [-0.15, -0.1) is 11.3 Å². The van der Waals surface area contributed by atoms with Crippen molar-refractivity contribution in [1.29, 1.82) is 0 Å². The van der Waals surface area contributed by atoms with E-state index in [0.29, 0.717) is 18.4 Å². The normalized spacial score (nSPS) is 31.5. The number of nitrogens with zero attached hydrogens (tertiary/aromatic N) is 1. The van der Waals surface area contributed by atoms with Gasteiger partial charge < -0.3 is 15.7 Å². The van der Waals surface area contributed by atoms with Crippen molar-refractivity contribution in [1.82, 2.24) is 15.6 Å². The summed E-state index contributed by atoms with van der Waals surface area (Å²) in [6, 6.07) is 0.00936. The molecule has 20 heavy (non-hydrogen) atoms. The number of thiazole rings is 1. The Morgan fingerprint density at radius 2 is 2.30 bits per heavy atom. The molecule has 4 unspecified atom stereocenters. The first-order valence-electron chi connectivity index (χ1n) is 7.23. The molecule has 2 fully saturated rings. The molecule has 110 valence electrons. The molecule has 2 amide bonds. The number of aryl methyl sites for hydroxylation is 1. The second kappa shape index (κ2) is 5.69. The summed E-state index contributed by atoms with van der Waals surface area (Å²) in [5.74, 6) is 1.39. The summed E-state index contributed by atoms with van der Waals surface area (Å²) in [7, 11) is 0. The first kappa shape index (κ1) is 13.8. The summed E-state index contributed by atoms with van der Waals surface area (Å²) < 4.78 is 0. The van der Waals surface area contributed by atoms with Crippen LogP contribution in [-0.4, -0.2) is 28.8 Å². The lowest BCUT2D eigenvalue weighted by Gasteiger charge is -2.30. The van der Waals surface area contributed by atoms with Gasteiger partial charge in [0.05, 0.1) is 17.7 Å². The van der Waals surface area contributed by atoms with Crippen LogP contribution in [0.25, 0.3) is 0 Å². The Hall–Kier alpha value is -1.14. The van der Waals surface area contributed by atoms with Gasteiger partial charge in [-0.25, -0.2) is 9.78 Å². The average molecular weight is 295 g/mol. The number of fused-ring (bicyclic) bond motifs is 2. The second-order valence-corrected chi connectivity index (χ2v) is 6.83. The predicted molar refractivity (Wildman–Crippen MR) is 77.4 cm³/mol. The van der Waals surface area contributed by atoms with Crippen LogP contribution in [0.2, 0.25) is 0 Å². The first-order chi connectivity index (χ1) is 9.69. The largest absolute Gasteiger partial charge is 0.396 e. The van der Waals surface area contributed by atoms with Gasteiger partial charge >= 0.3 is 6.03 Å². The van der Waals surface area contributed by atoms with Gasteiger partial charge in [-0.2, -0.15) is 0 Å². The molecule has 0 radical (unpaired) electrons. The molecule has 3 rings (SSSR count). The number of aliphatic hydroxyl groups excluding tert-OH is 1. The highest BCUT2D eigenvalue weighted by Gasteiger charge is 2.47. The van der Waals surface area contributed by atoms with Gasteiger partial charge in [0.2, 0.25) is 0 Å². The Labute approximate surface area is 122 Å². The molecular weight excluding hydrogens is 274 g/mol. The zero-order chi connectivity index (χ0) is 14.1. The third-order valence-electron chi connectivity index (χ3n) is 4.85. The lowest BCUT2D eigenvalue weighted by molar-refractivity contribution is 0.144. The highest BCUT2D eigenvalue weighted by atomic mass is 32.1. The molecule has 2 saturated carbocycles. The van der Waals surface area contributed by atoms with Crippen LogP contribution >= 0.6 is 11.3 Å². The van der Waals surface area contributed by atoms with Crippen molar-refractivity contribution in [3.8, 4) is 0 Å². The number of nitrogens with one attached hydrogen (secondary N) is 2. The van der Waals surface area contributed by atoms with E-state index in [1.807, 2.05) is 6.92 Å². The van der Waals surface area contributed by atoms with Gasteiger partial charge in [0.1, 0.15) is 0 Å². The molecule has 0 aromatic carbocycles. The van der Waals surface area contributed by atoms with Gasteiger partial charge in [0.25, 0.3) is 0 Å². The zero-order valence-electron chi connectivity index (χ0n) is 11.6. The van der Waals surface area contributed by atoms with Crippen molar-refractivity contribution in [2.75, 3.05) is 6.61 Å². The van der Waals surface area contributed by atoms with Crippen LogP contribution in [0.4, 0.5) is 4.79 Å². The van der Waals surface area contributed by atoms with Crippen LogP contribution in [0.15, 0.2) is 5.51 Å². The highest BCUT2D eigenvalue weighted by molar-refractivity contribution is 7.09. The fourth-order valence-electron chi connectivity index (χ4n) is 3.76. The molecule has 2 aliphatic rings. The number of hydrogen-bond acceptors (Lipinski definition) is 4. The van der Waals surface area contributed by atoms with Crippen molar-refractivity contribution in [2.24, 2.45) is 17.8 Å². The summed E-state index contributed by atoms with van der Waals surface area (Å²) >= 11 is 1.56. The zero-order valence-corrected chi connectivity index (χ0v) is 12.4. The quantitative estimate of drug-likeness (QED) is 0.791. The maximum atomic E-state index is 12.0. The maximum Gasteiger partial charge on any atom is 0.315 e. The van der Waals surface area contributed by atoms with E-state index in [4.69, 9.17) is 0 Å². The van der Waals surface area contributed by atoms with Crippen molar-refractivity contribution in [3.63, 3.8) is 0 Å². The van der Waals surface area contributed by atoms with Crippen LogP contribution in [0.3, 0.4) is 0 Å². The number of urea groups is 1. The van der Waals surface area contributed by atoms with Crippen LogP contribution < -0.4 is 10.6 Å². The fourth-order valence-corrected chi connectivity index (χ4v) is 4.47. The molecule has 3 N–H and O–H groups in total. The molecule has 1 aromatic heterocycles. The van der Waals surface area contributed by atoms with E-state index in [-0.39, 0.29) is 24.6 Å². The minimum absolute atomic E-state index is 0.131. The Bertz CT molecular complexity index is 491. The Balaban J connectivity index is 1.53. The van der Waals surface area contributed by atoms with Gasteiger partial charge in [0.15, 0.2) is 0 Å². The molecule has 2 bridgehead atoms. The summed E-state index contributed by atoms with van der Waals surface area (Å²) in [4.78, 5) is 17.3. The van der Waals surface area contributed by atoms with Crippen molar-refractivity contribution in [3.05, 3.63) is 16.1 Å². The minimum atomic E-state index is -0.131. The van der Waals surface area contributed by atoms with E-state index in [9.17, 15) is 9.90 Å². The molecule has 5 nitrogen and oxygen atoms in total. The van der Waals surface area contributed by atoms with Crippen LogP contribution in [-0.2, 0) is 6.54 Å². The fraction of sp³-hybridized carbons (Fsp3) is 0.714. The lowest BCUT2D eigenvalue weighted by Crippen LogP contribution is -2.48. The Kier molecular flexibility index (Phi) is 3.94. The van der Waals surface area contributed by atoms with E-state index >= 15 is 0 Å². The lowest BCUT2D eigenvalue weighted by atomic mass is 9.85. The molecule has 0 saturated heterocycles. The third-order valence-corrected chi connectivity index (χ3v) is 5.79. The Morgan fingerprint density at radius 3 is 3.00 bits per heavy atom. The van der Waals surface area contributed by atoms with Gasteiger partial charge in [-0.1, -0.05) is 0 Å². The number of amides is 2. The van der Waals surface area contributed by atoms with Crippen molar-refractivity contribution >= 4 is 17.4 Å². The van der Waals surface area contributed by atoms with Crippen LogP contribution in [0.5, 0.6) is 0 Å². The van der Waals surface area contributed by atoms with Gasteiger partial charge in [-0.05, 0) is 38.0 Å². The highest BCUT2D eigenvalue weighted by Crippen LogP contribution is 2.48. The third kappa shape index (κ3) is 2.54. The van der Waals surface area contributed by atoms with Gasteiger partial charge in [0, 0.05) is 23.4 Å². The van der Waals surface area contributed by atoms with Crippen LogP contribution in [0, 0.1) is 24.7 Å². The maximum absolute atomic E-state index is 12.0. The summed E-state index contributed by atoms with van der Waals surface area (Å²) in [5.41, 5.74) is 2.77. The number of aliphatic hydroxyl groups is 1. The number of carbonyl (C=O) groups is 1. The molecule has 2 aliphatic carbocycles. The minimum Gasteiger partial charge on any atom is -0.396 e. The second-order valence-electron chi connectivity index (χ2n) is 5.89. The van der Waals surface area contributed by atoms with Crippen molar-refractivity contribution < 1.29 is 9.90 Å². The summed E-state index contributed by atoms with van der Waals surface area (Å²) in [5, 5.41) is 15.5. The van der Waals surface area contributed by atoms with E-state index in [0.717, 1.165) is 17.0 Å². The van der Waals surface area contributed by atoms with Crippen LogP contribution in [0.1, 0.15) is 29.8 Å². The number of hydrogen-bond donors (Lipinski definition) is 3. The predicted octanol–water partition coefficient (Wildman–Crippen LogP) is 1.66. The van der Waals surface area contributed by atoms with E-state index < -0.39 is 0 Å². The standard InChI is InChI=1S/C14H21N3O2S/c1-8-12(20-7-16-8)5-15-14(19)17-13-10-3-2-9(4-10)11(13)6-18/h7,9-11,13,18H,2-6H2,1H3,(H2,15,17,19).